The summed E-state index contributed by atoms with van der Waals surface area (Å²) in [5.74, 6) is 0.189. The molecule has 112 valence electrons. The number of likely N-dealkylation sites (tertiary alicyclic amines) is 1. The third-order valence-corrected chi connectivity index (χ3v) is 4.34. The fraction of sp³-hybridized carbons (Fsp3) is 0.929. The molecule has 19 heavy (non-hydrogen) atoms. The van der Waals surface area contributed by atoms with Gasteiger partial charge in [0, 0.05) is 18.1 Å². The Labute approximate surface area is 122 Å². The minimum atomic E-state index is 0. The minimum absolute atomic E-state index is 0. The fourth-order valence-electron chi connectivity index (χ4n) is 3.34. The van der Waals surface area contributed by atoms with Crippen molar-refractivity contribution in [3.63, 3.8) is 0 Å². The van der Waals surface area contributed by atoms with E-state index in [9.17, 15) is 4.79 Å². The average Bonchev–Trinajstić information content (AvgIpc) is 2.82. The van der Waals surface area contributed by atoms with Crippen LogP contribution in [0.2, 0.25) is 0 Å². The number of carbonyl (C=O) groups is 1. The van der Waals surface area contributed by atoms with Gasteiger partial charge in [-0.15, -0.1) is 12.4 Å². The summed E-state index contributed by atoms with van der Waals surface area (Å²) in [5, 5.41) is 3.16. The van der Waals surface area contributed by atoms with Crippen LogP contribution in [0.1, 0.15) is 51.9 Å². The van der Waals surface area contributed by atoms with E-state index in [1.165, 1.54) is 25.7 Å². The molecule has 2 fully saturated rings. The molecule has 1 saturated carbocycles. The number of halogens is 1. The predicted octanol–water partition coefficient (Wildman–Crippen LogP) is 1.67. The predicted molar refractivity (Wildman–Crippen MR) is 80.5 cm³/mol. The zero-order valence-corrected chi connectivity index (χ0v) is 12.8. The second-order valence-corrected chi connectivity index (χ2v) is 5.94. The number of hydrogen-bond donors (Lipinski definition) is 2. The molecule has 0 aromatic rings. The molecular weight excluding hydrogens is 262 g/mol. The van der Waals surface area contributed by atoms with E-state index in [0.717, 1.165) is 25.8 Å². The molecule has 2 aliphatic rings. The third kappa shape index (κ3) is 4.93. The zero-order valence-electron chi connectivity index (χ0n) is 11.9. The number of carbonyl (C=O) groups excluding carboxylic acids is 1. The molecule has 0 bridgehead atoms. The Balaban J connectivity index is 0.00000180. The van der Waals surface area contributed by atoms with Crippen LogP contribution in [-0.4, -0.2) is 42.0 Å². The fourth-order valence-corrected chi connectivity index (χ4v) is 3.34. The molecule has 1 heterocycles. The number of nitrogens with two attached hydrogens (primary N) is 1. The van der Waals surface area contributed by atoms with Gasteiger partial charge >= 0.3 is 0 Å². The Bertz CT molecular complexity index is 280. The smallest absolute Gasteiger partial charge is 0.234 e. The highest BCUT2D eigenvalue weighted by Crippen LogP contribution is 2.20. The van der Waals surface area contributed by atoms with E-state index in [1.807, 2.05) is 0 Å². The number of rotatable bonds is 4. The van der Waals surface area contributed by atoms with Crippen molar-refractivity contribution in [2.24, 2.45) is 5.73 Å². The first-order valence-corrected chi connectivity index (χ1v) is 7.46. The molecule has 1 aliphatic heterocycles. The Morgan fingerprint density at radius 1 is 1.26 bits per heavy atom. The highest BCUT2D eigenvalue weighted by Gasteiger charge is 2.27. The molecule has 0 aromatic heterocycles. The lowest BCUT2D eigenvalue weighted by molar-refractivity contribution is -0.123. The second-order valence-electron chi connectivity index (χ2n) is 5.94. The summed E-state index contributed by atoms with van der Waals surface area (Å²) in [6.07, 6.45) is 8.40. The summed E-state index contributed by atoms with van der Waals surface area (Å²) in [7, 11) is 0. The van der Waals surface area contributed by atoms with Crippen molar-refractivity contribution in [2.45, 2.75) is 70.0 Å². The van der Waals surface area contributed by atoms with Gasteiger partial charge in [0.25, 0.3) is 0 Å². The quantitative estimate of drug-likeness (QED) is 0.828. The molecule has 0 radical (unpaired) electrons. The van der Waals surface area contributed by atoms with Gasteiger partial charge in [-0.3, -0.25) is 9.69 Å². The summed E-state index contributed by atoms with van der Waals surface area (Å²) in [6, 6.07) is 0.966. The molecular formula is C14H28ClN3O. The number of amides is 1. The zero-order chi connectivity index (χ0) is 13.0. The van der Waals surface area contributed by atoms with Gasteiger partial charge in [0.1, 0.15) is 0 Å². The largest absolute Gasteiger partial charge is 0.352 e. The first kappa shape index (κ1) is 16.7. The Morgan fingerprint density at radius 2 is 1.89 bits per heavy atom. The van der Waals surface area contributed by atoms with Gasteiger partial charge in [-0.2, -0.15) is 0 Å². The molecule has 2 rings (SSSR count). The van der Waals surface area contributed by atoms with Gasteiger partial charge in [0.05, 0.1) is 6.54 Å². The molecule has 5 heteroatoms. The van der Waals surface area contributed by atoms with Gasteiger partial charge < -0.3 is 11.1 Å². The van der Waals surface area contributed by atoms with E-state index in [2.05, 4.69) is 17.1 Å². The van der Waals surface area contributed by atoms with Crippen LogP contribution in [0, 0.1) is 0 Å². The average molecular weight is 290 g/mol. The topological polar surface area (TPSA) is 58.4 Å². The minimum Gasteiger partial charge on any atom is -0.352 e. The summed E-state index contributed by atoms with van der Waals surface area (Å²) < 4.78 is 0. The summed E-state index contributed by atoms with van der Waals surface area (Å²) in [6.45, 7) is 3.60. The van der Waals surface area contributed by atoms with Crippen LogP contribution in [-0.2, 0) is 4.79 Å². The lowest BCUT2D eigenvalue weighted by Gasteiger charge is -2.37. The van der Waals surface area contributed by atoms with E-state index >= 15 is 0 Å². The monoisotopic (exact) mass is 289 g/mol. The van der Waals surface area contributed by atoms with Gasteiger partial charge in [-0.25, -0.2) is 0 Å². The molecule has 2 atom stereocenters. The van der Waals surface area contributed by atoms with Crippen molar-refractivity contribution in [3.8, 4) is 0 Å². The van der Waals surface area contributed by atoms with Crippen molar-refractivity contribution in [2.75, 3.05) is 13.1 Å². The Morgan fingerprint density at radius 3 is 2.53 bits per heavy atom. The standard InChI is InChI=1S/C14H27N3O.ClH/c1-11(15)13-8-4-5-9-17(13)10-14(18)16-12-6-2-3-7-12;/h11-13H,2-10,15H2,1H3,(H,16,18);1H. The lowest BCUT2D eigenvalue weighted by Crippen LogP contribution is -2.52. The van der Waals surface area contributed by atoms with Crippen molar-refractivity contribution in [1.82, 2.24) is 10.2 Å². The normalized spacial score (nSPS) is 26.7. The maximum Gasteiger partial charge on any atom is 0.234 e. The maximum atomic E-state index is 12.0. The highest BCUT2D eigenvalue weighted by atomic mass is 35.5. The van der Waals surface area contributed by atoms with Gasteiger partial charge in [-0.05, 0) is 39.2 Å². The van der Waals surface area contributed by atoms with E-state index in [4.69, 9.17) is 5.73 Å². The molecule has 1 aliphatic carbocycles. The number of hydrogen-bond acceptors (Lipinski definition) is 3. The van der Waals surface area contributed by atoms with Crippen LogP contribution in [0.5, 0.6) is 0 Å². The first-order valence-electron chi connectivity index (χ1n) is 7.46. The third-order valence-electron chi connectivity index (χ3n) is 4.34. The molecule has 1 saturated heterocycles. The maximum absolute atomic E-state index is 12.0. The van der Waals surface area contributed by atoms with Gasteiger partial charge in [0.15, 0.2) is 0 Å². The molecule has 3 N–H and O–H groups in total. The van der Waals surface area contributed by atoms with Crippen molar-refractivity contribution < 1.29 is 4.79 Å². The van der Waals surface area contributed by atoms with Gasteiger partial charge in [-0.1, -0.05) is 19.3 Å². The van der Waals surface area contributed by atoms with E-state index < -0.39 is 0 Å². The molecule has 0 spiro atoms. The van der Waals surface area contributed by atoms with Gasteiger partial charge in [0.2, 0.25) is 5.91 Å². The van der Waals surface area contributed by atoms with Crippen molar-refractivity contribution in [1.29, 1.82) is 0 Å². The van der Waals surface area contributed by atoms with Crippen LogP contribution >= 0.6 is 12.4 Å². The van der Waals surface area contributed by atoms with Crippen LogP contribution in [0.15, 0.2) is 0 Å². The second kappa shape index (κ2) is 8.08. The lowest BCUT2D eigenvalue weighted by atomic mass is 9.97. The van der Waals surface area contributed by atoms with Crippen LogP contribution in [0.4, 0.5) is 0 Å². The Hall–Kier alpha value is -0.320. The highest BCUT2D eigenvalue weighted by molar-refractivity contribution is 5.85. The molecule has 1 amide bonds. The van der Waals surface area contributed by atoms with E-state index in [-0.39, 0.29) is 24.4 Å². The van der Waals surface area contributed by atoms with Crippen molar-refractivity contribution in [3.05, 3.63) is 0 Å². The molecule has 2 unspecified atom stereocenters. The number of piperidine rings is 1. The molecule has 4 nitrogen and oxygen atoms in total. The summed E-state index contributed by atoms with van der Waals surface area (Å²) >= 11 is 0. The van der Waals surface area contributed by atoms with Crippen LogP contribution in [0.3, 0.4) is 0 Å². The molecule has 0 aromatic carbocycles. The van der Waals surface area contributed by atoms with Crippen molar-refractivity contribution >= 4 is 18.3 Å². The van der Waals surface area contributed by atoms with E-state index in [1.54, 1.807) is 0 Å². The first-order chi connectivity index (χ1) is 8.66. The summed E-state index contributed by atoms with van der Waals surface area (Å²) in [4.78, 5) is 14.3. The van der Waals surface area contributed by atoms with Crippen LogP contribution in [0.25, 0.3) is 0 Å². The summed E-state index contributed by atoms with van der Waals surface area (Å²) in [5.41, 5.74) is 6.02. The number of nitrogens with zero attached hydrogens (tertiary/aromatic N) is 1. The van der Waals surface area contributed by atoms with Crippen LogP contribution < -0.4 is 11.1 Å². The number of nitrogens with one attached hydrogen (secondary N) is 1. The van der Waals surface area contributed by atoms with E-state index in [0.29, 0.717) is 18.6 Å². The Kier molecular flexibility index (Phi) is 7.11. The SMILES string of the molecule is CC(N)C1CCCCN1CC(=O)NC1CCCC1.Cl.